The van der Waals surface area contributed by atoms with Crippen molar-refractivity contribution in [3.8, 4) is 0 Å². The van der Waals surface area contributed by atoms with Crippen molar-refractivity contribution in [2.24, 2.45) is 10.7 Å². The van der Waals surface area contributed by atoms with Gasteiger partial charge in [-0.05, 0) is 36.1 Å². The van der Waals surface area contributed by atoms with Crippen LogP contribution in [-0.4, -0.2) is 25.5 Å². The summed E-state index contributed by atoms with van der Waals surface area (Å²) < 4.78 is 0. The van der Waals surface area contributed by atoms with E-state index in [0.29, 0.717) is 18.0 Å². The largest absolute Gasteiger partial charge is 0.366 e. The number of carbonyl (C=O) groups is 1. The lowest BCUT2D eigenvalue weighted by Crippen LogP contribution is -2.38. The Morgan fingerprint density at radius 1 is 1.08 bits per heavy atom. The summed E-state index contributed by atoms with van der Waals surface area (Å²) >= 11 is 0. The fourth-order valence-corrected chi connectivity index (χ4v) is 2.46. The van der Waals surface area contributed by atoms with E-state index in [1.165, 1.54) is 11.1 Å². The van der Waals surface area contributed by atoms with Crippen molar-refractivity contribution in [1.82, 2.24) is 10.6 Å². The maximum Gasteiger partial charge on any atom is 0.248 e. The van der Waals surface area contributed by atoms with Crippen LogP contribution in [0.5, 0.6) is 0 Å². The van der Waals surface area contributed by atoms with E-state index < -0.39 is 5.91 Å². The summed E-state index contributed by atoms with van der Waals surface area (Å²) in [6, 6.07) is 15.8. The van der Waals surface area contributed by atoms with E-state index in [1.807, 2.05) is 12.1 Å². The van der Waals surface area contributed by atoms with Crippen LogP contribution < -0.4 is 16.4 Å². The first-order valence-electron chi connectivity index (χ1n) is 8.39. The number of nitrogens with zero attached hydrogens (tertiary/aromatic N) is 1. The van der Waals surface area contributed by atoms with E-state index in [-0.39, 0.29) is 24.0 Å². The molecule has 0 saturated heterocycles. The third-order valence-electron chi connectivity index (χ3n) is 4.14. The number of amides is 1. The molecule has 0 spiro atoms. The van der Waals surface area contributed by atoms with Crippen LogP contribution in [0.2, 0.25) is 0 Å². The second-order valence-corrected chi connectivity index (χ2v) is 6.18. The number of rotatable bonds is 6. The van der Waals surface area contributed by atoms with Gasteiger partial charge in [-0.1, -0.05) is 48.9 Å². The van der Waals surface area contributed by atoms with Crippen molar-refractivity contribution < 1.29 is 4.79 Å². The summed E-state index contributed by atoms with van der Waals surface area (Å²) in [5.74, 6) is 0.717. The molecule has 0 heterocycles. The summed E-state index contributed by atoms with van der Waals surface area (Å²) in [5.41, 5.74) is 9.38. The highest BCUT2D eigenvalue weighted by atomic mass is 127. The highest BCUT2D eigenvalue weighted by molar-refractivity contribution is 14.0. The zero-order valence-corrected chi connectivity index (χ0v) is 17.8. The Balaban J connectivity index is 0.00000338. The van der Waals surface area contributed by atoms with Gasteiger partial charge >= 0.3 is 0 Å². The summed E-state index contributed by atoms with van der Waals surface area (Å²) in [7, 11) is 1.75. The zero-order valence-electron chi connectivity index (χ0n) is 15.5. The summed E-state index contributed by atoms with van der Waals surface area (Å²) in [6.45, 7) is 5.70. The van der Waals surface area contributed by atoms with E-state index in [9.17, 15) is 4.79 Å². The van der Waals surface area contributed by atoms with Gasteiger partial charge in [0.15, 0.2) is 5.96 Å². The van der Waals surface area contributed by atoms with Crippen LogP contribution in [0.25, 0.3) is 0 Å². The molecule has 2 aromatic carbocycles. The van der Waals surface area contributed by atoms with Crippen molar-refractivity contribution in [3.05, 3.63) is 70.8 Å². The van der Waals surface area contributed by atoms with E-state index >= 15 is 0 Å². The van der Waals surface area contributed by atoms with Crippen LogP contribution in [0, 0.1) is 6.92 Å². The van der Waals surface area contributed by atoms with Crippen LogP contribution >= 0.6 is 24.0 Å². The number of nitrogens with two attached hydrogens (primary N) is 1. The Kier molecular flexibility index (Phi) is 9.12. The minimum Gasteiger partial charge on any atom is -0.366 e. The standard InChI is InChI=1S/C20H26N4O.HI/c1-14-4-8-17(9-5-14)15(2)12-23-20(22-3)24-13-16-6-10-18(11-7-16)19(21)25;/h4-11,15H,12-13H2,1-3H3,(H2,21,25)(H2,22,23,24);1H. The second-order valence-electron chi connectivity index (χ2n) is 6.18. The molecule has 0 aliphatic rings. The Morgan fingerprint density at radius 2 is 1.69 bits per heavy atom. The zero-order chi connectivity index (χ0) is 18.2. The first-order valence-corrected chi connectivity index (χ1v) is 8.39. The molecule has 0 bridgehead atoms. The lowest BCUT2D eigenvalue weighted by molar-refractivity contribution is 0.100. The van der Waals surface area contributed by atoms with Gasteiger partial charge in [-0.3, -0.25) is 9.79 Å². The number of aryl methyl sites for hydroxylation is 1. The predicted octanol–water partition coefficient (Wildman–Crippen LogP) is 3.18. The molecule has 26 heavy (non-hydrogen) atoms. The first-order chi connectivity index (χ1) is 12.0. The Morgan fingerprint density at radius 3 is 2.23 bits per heavy atom. The van der Waals surface area contributed by atoms with Gasteiger partial charge in [0.2, 0.25) is 5.91 Å². The maximum atomic E-state index is 11.1. The Bertz CT molecular complexity index is 726. The highest BCUT2D eigenvalue weighted by Crippen LogP contribution is 2.14. The highest BCUT2D eigenvalue weighted by Gasteiger charge is 2.07. The molecule has 4 N–H and O–H groups in total. The lowest BCUT2D eigenvalue weighted by Gasteiger charge is -2.16. The topological polar surface area (TPSA) is 79.5 Å². The van der Waals surface area contributed by atoms with Gasteiger partial charge in [-0.25, -0.2) is 0 Å². The third-order valence-corrected chi connectivity index (χ3v) is 4.14. The van der Waals surface area contributed by atoms with Crippen LogP contribution in [0.1, 0.15) is 39.9 Å². The number of halogens is 1. The van der Waals surface area contributed by atoms with Crippen molar-refractivity contribution in [2.75, 3.05) is 13.6 Å². The number of guanidine groups is 1. The molecule has 0 aliphatic carbocycles. The number of benzene rings is 2. The van der Waals surface area contributed by atoms with Crippen LogP contribution in [0.15, 0.2) is 53.5 Å². The molecular formula is C20H27IN4O. The SMILES string of the molecule is CN=C(NCc1ccc(C(N)=O)cc1)NCC(C)c1ccc(C)cc1.I. The molecule has 1 unspecified atom stereocenters. The average Bonchev–Trinajstić information content (AvgIpc) is 2.62. The molecule has 6 heteroatoms. The third kappa shape index (κ3) is 6.67. The van der Waals surface area contributed by atoms with Crippen molar-refractivity contribution in [2.45, 2.75) is 26.3 Å². The number of aliphatic imine (C=N–C) groups is 1. The minimum absolute atomic E-state index is 0. The van der Waals surface area contributed by atoms with Gasteiger partial charge in [0.1, 0.15) is 0 Å². The number of carbonyl (C=O) groups excluding carboxylic acids is 1. The van der Waals surface area contributed by atoms with Crippen molar-refractivity contribution >= 4 is 35.8 Å². The fourth-order valence-electron chi connectivity index (χ4n) is 2.46. The molecule has 2 rings (SSSR count). The Hall–Kier alpha value is -2.09. The molecule has 5 nitrogen and oxygen atoms in total. The maximum absolute atomic E-state index is 11.1. The second kappa shape index (κ2) is 10.8. The smallest absolute Gasteiger partial charge is 0.248 e. The molecule has 0 radical (unpaired) electrons. The van der Waals surface area contributed by atoms with Gasteiger partial charge in [0, 0.05) is 25.7 Å². The van der Waals surface area contributed by atoms with E-state index in [1.54, 1.807) is 19.2 Å². The van der Waals surface area contributed by atoms with Gasteiger partial charge in [-0.15, -0.1) is 24.0 Å². The normalized spacial score (nSPS) is 12.0. The molecule has 140 valence electrons. The van der Waals surface area contributed by atoms with Gasteiger partial charge in [-0.2, -0.15) is 0 Å². The van der Waals surface area contributed by atoms with Crippen LogP contribution in [0.4, 0.5) is 0 Å². The monoisotopic (exact) mass is 466 g/mol. The van der Waals surface area contributed by atoms with Crippen LogP contribution in [-0.2, 0) is 6.54 Å². The van der Waals surface area contributed by atoms with Crippen molar-refractivity contribution in [3.63, 3.8) is 0 Å². The van der Waals surface area contributed by atoms with E-state index in [4.69, 9.17) is 5.73 Å². The summed E-state index contributed by atoms with van der Waals surface area (Å²) in [5, 5.41) is 6.62. The Labute approximate surface area is 172 Å². The molecule has 0 aromatic heterocycles. The molecule has 0 fully saturated rings. The molecule has 0 saturated carbocycles. The average molecular weight is 466 g/mol. The first kappa shape index (κ1) is 22.0. The molecular weight excluding hydrogens is 439 g/mol. The molecule has 1 atom stereocenters. The van der Waals surface area contributed by atoms with Crippen molar-refractivity contribution in [1.29, 1.82) is 0 Å². The lowest BCUT2D eigenvalue weighted by atomic mass is 10.0. The number of hydrogen-bond donors (Lipinski definition) is 3. The van der Waals surface area contributed by atoms with Gasteiger partial charge in [0.05, 0.1) is 0 Å². The molecule has 2 aromatic rings. The molecule has 1 amide bonds. The summed E-state index contributed by atoms with van der Waals surface area (Å²) in [4.78, 5) is 15.3. The number of primary amides is 1. The quantitative estimate of drug-likeness (QED) is 0.348. The fraction of sp³-hybridized carbons (Fsp3) is 0.300. The van der Waals surface area contributed by atoms with E-state index in [0.717, 1.165) is 18.1 Å². The number of nitrogens with one attached hydrogen (secondary N) is 2. The molecule has 0 aliphatic heterocycles. The van der Waals surface area contributed by atoms with E-state index in [2.05, 4.69) is 53.7 Å². The van der Waals surface area contributed by atoms with Crippen LogP contribution in [0.3, 0.4) is 0 Å². The predicted molar refractivity (Wildman–Crippen MR) is 118 cm³/mol. The van der Waals surface area contributed by atoms with Gasteiger partial charge in [0.25, 0.3) is 0 Å². The van der Waals surface area contributed by atoms with Gasteiger partial charge < -0.3 is 16.4 Å². The summed E-state index contributed by atoms with van der Waals surface area (Å²) in [6.07, 6.45) is 0. The number of hydrogen-bond acceptors (Lipinski definition) is 2. The minimum atomic E-state index is -0.415.